The van der Waals surface area contributed by atoms with Gasteiger partial charge in [-0.25, -0.2) is 8.78 Å². The molecule has 15 heavy (non-hydrogen) atoms. The van der Waals surface area contributed by atoms with E-state index in [9.17, 15) is 8.78 Å². The Morgan fingerprint density at radius 2 is 1.87 bits per heavy atom. The van der Waals surface area contributed by atoms with E-state index in [1.54, 1.807) is 6.07 Å². The van der Waals surface area contributed by atoms with Crippen LogP contribution in [0.2, 0.25) is 0 Å². The standard InChI is InChI=1S/C13H12F2/c1-3-9-4-5-11-10(6-9)7-12(14)8(2)13(11)15/h4-7H,3H2,1-2H3. The molecule has 0 aromatic heterocycles. The number of fused-ring (bicyclic) bond motifs is 1. The smallest absolute Gasteiger partial charge is 0.136 e. The van der Waals surface area contributed by atoms with Gasteiger partial charge in [0.05, 0.1) is 0 Å². The molecule has 2 aromatic carbocycles. The topological polar surface area (TPSA) is 0 Å². The van der Waals surface area contributed by atoms with Crippen molar-refractivity contribution in [2.75, 3.05) is 0 Å². The largest absolute Gasteiger partial charge is 0.207 e. The molecule has 0 bridgehead atoms. The van der Waals surface area contributed by atoms with Gasteiger partial charge in [-0.15, -0.1) is 0 Å². The van der Waals surface area contributed by atoms with Crippen molar-refractivity contribution in [1.29, 1.82) is 0 Å². The Hall–Kier alpha value is -1.44. The second-order valence-corrected chi connectivity index (χ2v) is 3.71. The lowest BCUT2D eigenvalue weighted by Crippen LogP contribution is -1.91. The number of rotatable bonds is 1. The average molecular weight is 206 g/mol. The Morgan fingerprint density at radius 1 is 1.13 bits per heavy atom. The molecule has 0 aliphatic heterocycles. The second kappa shape index (κ2) is 3.61. The quantitative estimate of drug-likeness (QED) is 0.661. The van der Waals surface area contributed by atoms with Gasteiger partial charge < -0.3 is 0 Å². The van der Waals surface area contributed by atoms with Gasteiger partial charge in [-0.2, -0.15) is 0 Å². The maximum absolute atomic E-state index is 13.7. The highest BCUT2D eigenvalue weighted by atomic mass is 19.1. The molecule has 2 rings (SSSR count). The van der Waals surface area contributed by atoms with E-state index in [1.165, 1.54) is 13.0 Å². The third-order valence-corrected chi connectivity index (χ3v) is 2.73. The molecule has 0 atom stereocenters. The molecular formula is C13H12F2. The van der Waals surface area contributed by atoms with Gasteiger partial charge in [-0.1, -0.05) is 25.1 Å². The van der Waals surface area contributed by atoms with Crippen molar-refractivity contribution in [2.45, 2.75) is 20.3 Å². The normalized spacial score (nSPS) is 10.9. The Bertz CT molecular complexity index is 515. The number of benzene rings is 2. The molecule has 0 saturated heterocycles. The zero-order chi connectivity index (χ0) is 11.0. The number of aryl methyl sites for hydroxylation is 1. The summed E-state index contributed by atoms with van der Waals surface area (Å²) in [6.45, 7) is 3.47. The van der Waals surface area contributed by atoms with Crippen molar-refractivity contribution >= 4 is 10.8 Å². The predicted octanol–water partition coefficient (Wildman–Crippen LogP) is 3.99. The molecule has 0 N–H and O–H groups in total. The van der Waals surface area contributed by atoms with Crippen LogP contribution in [0.1, 0.15) is 18.1 Å². The Kier molecular flexibility index (Phi) is 2.43. The molecule has 0 aliphatic carbocycles. The van der Waals surface area contributed by atoms with E-state index < -0.39 is 11.6 Å². The van der Waals surface area contributed by atoms with Crippen molar-refractivity contribution in [3.8, 4) is 0 Å². The molecule has 0 heterocycles. The minimum absolute atomic E-state index is 0.0896. The van der Waals surface area contributed by atoms with Crippen LogP contribution in [0.4, 0.5) is 8.78 Å². The Morgan fingerprint density at radius 3 is 2.53 bits per heavy atom. The maximum Gasteiger partial charge on any atom is 0.136 e. The lowest BCUT2D eigenvalue weighted by molar-refractivity contribution is 0.577. The molecule has 0 aliphatic rings. The van der Waals surface area contributed by atoms with E-state index in [4.69, 9.17) is 0 Å². The molecule has 2 heteroatoms. The van der Waals surface area contributed by atoms with Crippen LogP contribution in [0.15, 0.2) is 24.3 Å². The molecule has 78 valence electrons. The van der Waals surface area contributed by atoms with E-state index in [0.717, 1.165) is 12.0 Å². The minimum Gasteiger partial charge on any atom is -0.207 e. The minimum atomic E-state index is -0.478. The van der Waals surface area contributed by atoms with Crippen molar-refractivity contribution in [1.82, 2.24) is 0 Å². The second-order valence-electron chi connectivity index (χ2n) is 3.71. The van der Waals surface area contributed by atoms with Crippen LogP contribution in [-0.2, 0) is 6.42 Å². The summed E-state index contributed by atoms with van der Waals surface area (Å²) in [5, 5.41) is 1.13. The van der Waals surface area contributed by atoms with Crippen LogP contribution in [0.3, 0.4) is 0 Å². The van der Waals surface area contributed by atoms with Gasteiger partial charge in [0.1, 0.15) is 11.6 Å². The number of halogens is 2. The highest BCUT2D eigenvalue weighted by Gasteiger charge is 2.09. The highest BCUT2D eigenvalue weighted by molar-refractivity contribution is 5.84. The molecule has 0 nitrogen and oxygen atoms in total. The zero-order valence-corrected chi connectivity index (χ0v) is 8.77. The summed E-state index contributed by atoms with van der Waals surface area (Å²) in [6, 6.07) is 6.83. The molecule has 0 saturated carbocycles. The van der Waals surface area contributed by atoms with E-state index in [1.807, 2.05) is 19.1 Å². The Balaban J connectivity index is 2.80. The predicted molar refractivity (Wildman–Crippen MR) is 58.0 cm³/mol. The number of hydrogen-bond acceptors (Lipinski definition) is 0. The molecule has 2 aromatic rings. The molecule has 0 fully saturated rings. The summed E-state index contributed by atoms with van der Waals surface area (Å²) in [5.41, 5.74) is 1.18. The SMILES string of the molecule is CCc1ccc2c(F)c(C)c(F)cc2c1. The van der Waals surface area contributed by atoms with Gasteiger partial charge in [0, 0.05) is 10.9 Å². The molecule has 0 amide bonds. The van der Waals surface area contributed by atoms with Gasteiger partial charge >= 0.3 is 0 Å². The summed E-state index contributed by atoms with van der Waals surface area (Å²) >= 11 is 0. The van der Waals surface area contributed by atoms with Crippen LogP contribution < -0.4 is 0 Å². The zero-order valence-electron chi connectivity index (χ0n) is 8.77. The third kappa shape index (κ3) is 1.60. The van der Waals surface area contributed by atoms with Crippen molar-refractivity contribution in [2.24, 2.45) is 0 Å². The Labute approximate surface area is 87.5 Å². The lowest BCUT2D eigenvalue weighted by atomic mass is 10.0. The molecule has 0 radical (unpaired) electrons. The van der Waals surface area contributed by atoms with Crippen LogP contribution in [0.25, 0.3) is 10.8 Å². The first-order chi connectivity index (χ1) is 7.13. The van der Waals surface area contributed by atoms with Crippen LogP contribution in [0.5, 0.6) is 0 Å². The van der Waals surface area contributed by atoms with E-state index in [-0.39, 0.29) is 5.56 Å². The van der Waals surface area contributed by atoms with Crippen molar-refractivity contribution in [3.05, 3.63) is 47.0 Å². The summed E-state index contributed by atoms with van der Waals surface area (Å²) in [5.74, 6) is -0.930. The fourth-order valence-electron chi connectivity index (χ4n) is 1.70. The van der Waals surface area contributed by atoms with Gasteiger partial charge in [0.2, 0.25) is 0 Å². The van der Waals surface area contributed by atoms with E-state index in [0.29, 0.717) is 10.8 Å². The van der Waals surface area contributed by atoms with E-state index >= 15 is 0 Å². The van der Waals surface area contributed by atoms with E-state index in [2.05, 4.69) is 0 Å². The fourth-order valence-corrected chi connectivity index (χ4v) is 1.70. The van der Waals surface area contributed by atoms with Crippen LogP contribution in [-0.4, -0.2) is 0 Å². The lowest BCUT2D eigenvalue weighted by Gasteiger charge is -2.05. The first kappa shape index (κ1) is 10.1. The number of hydrogen-bond donors (Lipinski definition) is 0. The van der Waals surface area contributed by atoms with Crippen LogP contribution in [0, 0.1) is 18.6 Å². The van der Waals surface area contributed by atoms with Gasteiger partial charge in [-0.3, -0.25) is 0 Å². The summed E-state index contributed by atoms with van der Waals surface area (Å²) in [6.07, 6.45) is 0.868. The first-order valence-corrected chi connectivity index (χ1v) is 5.00. The highest BCUT2D eigenvalue weighted by Crippen LogP contribution is 2.24. The molecular weight excluding hydrogens is 194 g/mol. The molecule has 0 spiro atoms. The fraction of sp³-hybridized carbons (Fsp3) is 0.231. The first-order valence-electron chi connectivity index (χ1n) is 5.00. The van der Waals surface area contributed by atoms with Crippen LogP contribution >= 0.6 is 0 Å². The van der Waals surface area contributed by atoms with Gasteiger partial charge in [0.15, 0.2) is 0 Å². The van der Waals surface area contributed by atoms with Gasteiger partial charge in [-0.05, 0) is 30.4 Å². The summed E-state index contributed by atoms with van der Waals surface area (Å²) < 4.78 is 27.0. The average Bonchev–Trinajstić information content (AvgIpc) is 2.25. The molecule has 0 unspecified atom stereocenters. The van der Waals surface area contributed by atoms with Gasteiger partial charge in [0.25, 0.3) is 0 Å². The monoisotopic (exact) mass is 206 g/mol. The van der Waals surface area contributed by atoms with Crippen molar-refractivity contribution < 1.29 is 8.78 Å². The maximum atomic E-state index is 13.7. The third-order valence-electron chi connectivity index (χ3n) is 2.73. The van der Waals surface area contributed by atoms with Crippen molar-refractivity contribution in [3.63, 3.8) is 0 Å². The summed E-state index contributed by atoms with van der Waals surface area (Å²) in [7, 11) is 0. The summed E-state index contributed by atoms with van der Waals surface area (Å²) in [4.78, 5) is 0.